The summed E-state index contributed by atoms with van der Waals surface area (Å²) in [6, 6.07) is 32.1. The second kappa shape index (κ2) is 11.3. The smallest absolute Gasteiger partial charge is 0.418 e. The standard InChI is InChI=1S/C30H36N3OSi.BF4/c1-29(2,3)35(4,5)34-30(24-15-9-6-10-16-24,25-17-11-7-12-18-25)27-21-22-28-31-33(23-32(27)28)26-19-13-8-14-20-26;2-1(3,4)5/h6-20,23,27H,21-22H2,1-5H3;/q+1;-1/t27-;/m0./s1. The molecule has 0 spiro atoms. The van der Waals surface area contributed by atoms with Crippen molar-refractivity contribution in [1.29, 1.82) is 0 Å². The van der Waals surface area contributed by atoms with E-state index in [1.54, 1.807) is 0 Å². The predicted molar refractivity (Wildman–Crippen MR) is 153 cm³/mol. The molecule has 0 saturated heterocycles. The molecule has 1 aliphatic rings. The molecule has 3 aromatic carbocycles. The van der Waals surface area contributed by atoms with Crippen molar-refractivity contribution < 1.29 is 26.3 Å². The zero-order valence-electron chi connectivity index (χ0n) is 23.6. The molecule has 4 nitrogen and oxygen atoms in total. The molecule has 0 aliphatic carbocycles. The van der Waals surface area contributed by atoms with E-state index in [4.69, 9.17) is 9.52 Å². The number of nitrogens with zero attached hydrogens (tertiary/aromatic N) is 3. The summed E-state index contributed by atoms with van der Waals surface area (Å²) in [4.78, 5) is 0. The lowest BCUT2D eigenvalue weighted by molar-refractivity contribution is -0.730. The van der Waals surface area contributed by atoms with Crippen LogP contribution < -0.4 is 4.57 Å². The first-order valence-corrected chi connectivity index (χ1v) is 16.4. The molecule has 1 aromatic heterocycles. The predicted octanol–water partition coefficient (Wildman–Crippen LogP) is 7.91. The lowest BCUT2D eigenvalue weighted by atomic mass is 9.79. The van der Waals surface area contributed by atoms with Gasteiger partial charge in [-0.25, -0.2) is 4.57 Å². The van der Waals surface area contributed by atoms with Crippen LogP contribution in [0, 0.1) is 0 Å². The van der Waals surface area contributed by atoms with E-state index < -0.39 is 21.2 Å². The first kappa shape index (κ1) is 29.7. The third kappa shape index (κ3) is 6.39. The van der Waals surface area contributed by atoms with Gasteiger partial charge in [-0.2, -0.15) is 0 Å². The first-order chi connectivity index (χ1) is 18.7. The maximum atomic E-state index is 9.75. The maximum absolute atomic E-state index is 9.75. The van der Waals surface area contributed by atoms with E-state index in [1.807, 2.05) is 10.7 Å². The molecule has 0 amide bonds. The van der Waals surface area contributed by atoms with Gasteiger partial charge in [0.2, 0.25) is 6.33 Å². The average molecular weight is 570 g/mol. The topological polar surface area (TPSA) is 30.9 Å². The monoisotopic (exact) mass is 569 g/mol. The Balaban J connectivity index is 0.000000681. The van der Waals surface area contributed by atoms with Gasteiger partial charge in [0.15, 0.2) is 8.32 Å². The van der Waals surface area contributed by atoms with Crippen molar-refractivity contribution in [2.75, 3.05) is 0 Å². The van der Waals surface area contributed by atoms with E-state index in [2.05, 4.69) is 130 Å². The van der Waals surface area contributed by atoms with E-state index >= 15 is 0 Å². The van der Waals surface area contributed by atoms with Gasteiger partial charge >= 0.3 is 7.25 Å². The minimum atomic E-state index is -6.00. The van der Waals surface area contributed by atoms with Crippen LogP contribution in [0.3, 0.4) is 0 Å². The molecule has 2 heterocycles. The normalized spacial score (nSPS) is 15.8. The molecule has 4 aromatic rings. The molecular weight excluding hydrogens is 533 g/mol. The highest BCUT2D eigenvalue weighted by atomic mass is 28.4. The van der Waals surface area contributed by atoms with Gasteiger partial charge in [0.1, 0.15) is 17.3 Å². The molecule has 0 unspecified atom stereocenters. The summed E-state index contributed by atoms with van der Waals surface area (Å²) < 4.78 is 51.0. The highest BCUT2D eigenvalue weighted by molar-refractivity contribution is 6.74. The van der Waals surface area contributed by atoms with Crippen molar-refractivity contribution in [3.05, 3.63) is 114 Å². The van der Waals surface area contributed by atoms with Gasteiger partial charge in [-0.3, -0.25) is 0 Å². The number of benzene rings is 3. The Kier molecular flexibility index (Phi) is 8.42. The minimum Gasteiger partial charge on any atom is -0.418 e. The largest absolute Gasteiger partial charge is 0.673 e. The fourth-order valence-corrected chi connectivity index (χ4v) is 6.48. The molecule has 40 heavy (non-hydrogen) atoms. The molecule has 10 heteroatoms. The van der Waals surface area contributed by atoms with E-state index in [1.165, 1.54) is 11.1 Å². The van der Waals surface area contributed by atoms with Gasteiger partial charge < -0.3 is 21.7 Å². The summed E-state index contributed by atoms with van der Waals surface area (Å²) in [6.45, 7) is 11.7. The van der Waals surface area contributed by atoms with Crippen molar-refractivity contribution in [2.24, 2.45) is 0 Å². The number of hydrogen-bond donors (Lipinski definition) is 0. The zero-order chi connectivity index (χ0) is 29.2. The molecule has 1 atom stereocenters. The van der Waals surface area contributed by atoms with Crippen LogP contribution >= 0.6 is 0 Å². The minimum absolute atomic E-state index is 0.0716. The Labute approximate surface area is 234 Å². The van der Waals surface area contributed by atoms with Crippen molar-refractivity contribution in [1.82, 2.24) is 9.78 Å². The SMILES string of the molecule is CC(C)(C)[Si](C)(C)OC(c1ccccc1)(c1ccccc1)[C@@H]1CCc2nn(-c3ccccc3)c[n+]21.F[B-](F)(F)F. The number of aryl methyl sites for hydroxylation is 1. The van der Waals surface area contributed by atoms with Crippen LogP contribution in [0.4, 0.5) is 17.3 Å². The Hall–Kier alpha value is -3.24. The fourth-order valence-electron chi connectivity index (χ4n) is 5.00. The Morgan fingerprint density at radius 3 is 1.73 bits per heavy atom. The van der Waals surface area contributed by atoms with Gasteiger partial charge in [0, 0.05) is 11.5 Å². The molecule has 212 valence electrons. The summed E-state index contributed by atoms with van der Waals surface area (Å²) in [6.07, 6.45) is 4.07. The highest BCUT2D eigenvalue weighted by Crippen LogP contribution is 2.50. The van der Waals surface area contributed by atoms with Crippen LogP contribution in [-0.4, -0.2) is 25.4 Å². The van der Waals surface area contributed by atoms with Crippen LogP contribution in [0.2, 0.25) is 18.1 Å². The number of para-hydroxylation sites is 1. The Morgan fingerprint density at radius 1 is 0.825 bits per heavy atom. The van der Waals surface area contributed by atoms with Crippen molar-refractivity contribution in [3.8, 4) is 5.69 Å². The third-order valence-electron chi connectivity index (χ3n) is 7.85. The number of aromatic nitrogens is 3. The lowest BCUT2D eigenvalue weighted by Gasteiger charge is -2.48. The maximum Gasteiger partial charge on any atom is 0.673 e. The first-order valence-electron chi connectivity index (χ1n) is 13.5. The molecular formula is C30H36BF4N3OSi. The van der Waals surface area contributed by atoms with E-state index in [9.17, 15) is 17.3 Å². The Morgan fingerprint density at radius 2 is 1.27 bits per heavy atom. The quantitative estimate of drug-likeness (QED) is 0.134. The average Bonchev–Trinajstić information content (AvgIpc) is 3.49. The number of halogens is 4. The van der Waals surface area contributed by atoms with Gasteiger partial charge in [0.05, 0.1) is 0 Å². The highest BCUT2D eigenvalue weighted by Gasteiger charge is 2.55. The number of rotatable bonds is 6. The van der Waals surface area contributed by atoms with Crippen LogP contribution in [0.1, 0.15) is 50.2 Å². The van der Waals surface area contributed by atoms with Gasteiger partial charge in [0.25, 0.3) is 5.82 Å². The zero-order valence-corrected chi connectivity index (χ0v) is 24.6. The molecule has 1 aliphatic heterocycles. The molecule has 0 fully saturated rings. The van der Waals surface area contributed by atoms with Crippen molar-refractivity contribution in [3.63, 3.8) is 0 Å². The van der Waals surface area contributed by atoms with Crippen LogP contribution in [0.15, 0.2) is 97.3 Å². The summed E-state index contributed by atoms with van der Waals surface area (Å²) in [5.41, 5.74) is 2.86. The summed E-state index contributed by atoms with van der Waals surface area (Å²) in [5.74, 6) is 1.11. The van der Waals surface area contributed by atoms with E-state index in [0.717, 1.165) is 24.4 Å². The molecule has 0 radical (unpaired) electrons. The Bertz CT molecular complexity index is 1350. The summed E-state index contributed by atoms with van der Waals surface area (Å²) >= 11 is 0. The number of hydrogen-bond acceptors (Lipinski definition) is 2. The molecule has 0 saturated carbocycles. The third-order valence-corrected chi connectivity index (χ3v) is 12.3. The van der Waals surface area contributed by atoms with E-state index in [0.29, 0.717) is 0 Å². The second-order valence-electron chi connectivity index (χ2n) is 11.6. The fraction of sp³-hybridized carbons (Fsp3) is 0.333. The van der Waals surface area contributed by atoms with Gasteiger partial charge in [-0.05, 0) is 47.8 Å². The van der Waals surface area contributed by atoms with Crippen molar-refractivity contribution in [2.45, 2.75) is 63.4 Å². The second-order valence-corrected chi connectivity index (χ2v) is 16.3. The van der Waals surface area contributed by atoms with Gasteiger partial charge in [-0.1, -0.05) is 104 Å². The van der Waals surface area contributed by atoms with Crippen LogP contribution in [-0.2, 0) is 16.4 Å². The molecule has 5 rings (SSSR count). The lowest BCUT2D eigenvalue weighted by Crippen LogP contribution is -2.57. The summed E-state index contributed by atoms with van der Waals surface area (Å²) in [7, 11) is -8.19. The van der Waals surface area contributed by atoms with Crippen molar-refractivity contribution >= 4 is 15.6 Å². The summed E-state index contributed by atoms with van der Waals surface area (Å²) in [5, 5.41) is 5.06. The molecule has 0 N–H and O–H groups in total. The van der Waals surface area contributed by atoms with Crippen LogP contribution in [0.25, 0.3) is 5.69 Å². The number of fused-ring (bicyclic) bond motifs is 1. The van der Waals surface area contributed by atoms with E-state index in [-0.39, 0.29) is 11.1 Å². The molecule has 0 bridgehead atoms. The van der Waals surface area contributed by atoms with Crippen LogP contribution in [0.5, 0.6) is 0 Å². The van der Waals surface area contributed by atoms with Gasteiger partial charge in [-0.15, -0.1) is 0 Å².